The molecule has 0 aliphatic carbocycles. The quantitative estimate of drug-likeness (QED) is 0.787. The third kappa shape index (κ3) is 1.99. The van der Waals surface area contributed by atoms with Crippen LogP contribution in [0.4, 0.5) is 4.39 Å². The molecular weight excluding hydrogens is 197 g/mol. The Hall–Kier alpha value is -1.42. The lowest BCUT2D eigenvalue weighted by molar-refractivity contribution is -0.144. The molecule has 0 radical (unpaired) electrons. The monoisotopic (exact) mass is 211 g/mol. The van der Waals surface area contributed by atoms with Crippen molar-refractivity contribution in [1.82, 2.24) is 0 Å². The first-order valence-electron chi connectivity index (χ1n) is 4.63. The molecule has 3 N–H and O–H groups in total. The molecule has 0 aliphatic rings. The summed E-state index contributed by atoms with van der Waals surface area (Å²) >= 11 is 0. The number of rotatable bonds is 4. The van der Waals surface area contributed by atoms with Gasteiger partial charge in [-0.05, 0) is 12.5 Å². The summed E-state index contributed by atoms with van der Waals surface area (Å²) in [5.41, 5.74) is 5.08. The van der Waals surface area contributed by atoms with Gasteiger partial charge in [0.05, 0.1) is 0 Å². The Balaban J connectivity index is 3.26. The summed E-state index contributed by atoms with van der Waals surface area (Å²) < 4.78 is 12.9. The number of carbonyl (C=O) groups is 1. The van der Waals surface area contributed by atoms with E-state index < -0.39 is 18.1 Å². The molecule has 0 saturated carbocycles. The van der Waals surface area contributed by atoms with Crippen molar-refractivity contribution in [3.63, 3.8) is 0 Å². The van der Waals surface area contributed by atoms with Crippen molar-refractivity contribution in [2.45, 2.75) is 12.3 Å². The second kappa shape index (κ2) is 4.40. The second-order valence-corrected chi connectivity index (χ2v) is 3.59. The van der Waals surface area contributed by atoms with Crippen LogP contribution >= 0.6 is 0 Å². The molecule has 0 spiro atoms. The number of carboxylic acids is 1. The SMILES string of the molecule is Cc1cccc(C(CN)(CF)C(=O)O)c1. The molecule has 3 nitrogen and oxygen atoms in total. The Labute approximate surface area is 87.7 Å². The minimum absolute atomic E-state index is 0.248. The third-order valence-electron chi connectivity index (χ3n) is 2.56. The molecule has 1 aromatic rings. The summed E-state index contributed by atoms with van der Waals surface area (Å²) in [6, 6.07) is 6.77. The molecule has 4 heteroatoms. The van der Waals surface area contributed by atoms with Gasteiger partial charge in [-0.2, -0.15) is 0 Å². The first kappa shape index (κ1) is 11.7. The number of nitrogens with two attached hydrogens (primary N) is 1. The van der Waals surface area contributed by atoms with Crippen LogP contribution in [-0.2, 0) is 10.2 Å². The molecule has 15 heavy (non-hydrogen) atoms. The zero-order valence-corrected chi connectivity index (χ0v) is 8.53. The molecule has 82 valence electrons. The summed E-state index contributed by atoms with van der Waals surface area (Å²) in [6.07, 6.45) is 0. The average molecular weight is 211 g/mol. The van der Waals surface area contributed by atoms with Crippen molar-refractivity contribution >= 4 is 5.97 Å². The number of hydrogen-bond donors (Lipinski definition) is 2. The number of aryl methyl sites for hydroxylation is 1. The zero-order chi connectivity index (χ0) is 11.5. The van der Waals surface area contributed by atoms with Crippen LogP contribution < -0.4 is 5.73 Å². The van der Waals surface area contributed by atoms with Crippen LogP contribution in [-0.4, -0.2) is 24.3 Å². The van der Waals surface area contributed by atoms with E-state index in [-0.39, 0.29) is 6.54 Å². The van der Waals surface area contributed by atoms with Crippen molar-refractivity contribution in [2.24, 2.45) is 5.73 Å². The second-order valence-electron chi connectivity index (χ2n) is 3.59. The van der Waals surface area contributed by atoms with Gasteiger partial charge >= 0.3 is 5.97 Å². The van der Waals surface area contributed by atoms with E-state index >= 15 is 0 Å². The summed E-state index contributed by atoms with van der Waals surface area (Å²) in [4.78, 5) is 11.1. The van der Waals surface area contributed by atoms with Crippen LogP contribution in [0.15, 0.2) is 24.3 Å². The molecule has 0 saturated heterocycles. The minimum Gasteiger partial charge on any atom is -0.480 e. The fraction of sp³-hybridized carbons (Fsp3) is 0.364. The van der Waals surface area contributed by atoms with Crippen molar-refractivity contribution in [2.75, 3.05) is 13.2 Å². The highest BCUT2D eigenvalue weighted by Gasteiger charge is 2.39. The van der Waals surface area contributed by atoms with Gasteiger partial charge in [-0.1, -0.05) is 29.8 Å². The lowest BCUT2D eigenvalue weighted by atomic mass is 9.81. The number of alkyl halides is 1. The first-order valence-corrected chi connectivity index (χ1v) is 4.63. The predicted octanol–water partition coefficient (Wildman–Crippen LogP) is 1.25. The highest BCUT2D eigenvalue weighted by molar-refractivity contribution is 5.82. The number of hydrogen-bond acceptors (Lipinski definition) is 2. The van der Waals surface area contributed by atoms with Crippen molar-refractivity contribution in [3.05, 3.63) is 35.4 Å². The van der Waals surface area contributed by atoms with Gasteiger partial charge < -0.3 is 10.8 Å². The molecule has 0 amide bonds. The average Bonchev–Trinajstić information content (AvgIpc) is 2.20. The lowest BCUT2D eigenvalue weighted by Crippen LogP contribution is -2.45. The molecule has 1 rings (SSSR count). The fourth-order valence-corrected chi connectivity index (χ4v) is 1.46. The van der Waals surface area contributed by atoms with Crippen molar-refractivity contribution in [3.8, 4) is 0 Å². The highest BCUT2D eigenvalue weighted by Crippen LogP contribution is 2.25. The molecule has 1 atom stereocenters. The van der Waals surface area contributed by atoms with Gasteiger partial charge in [-0.25, -0.2) is 4.39 Å². The van der Waals surface area contributed by atoms with Crippen molar-refractivity contribution in [1.29, 1.82) is 0 Å². The van der Waals surface area contributed by atoms with E-state index in [1.165, 1.54) is 0 Å². The zero-order valence-electron chi connectivity index (χ0n) is 8.53. The predicted molar refractivity (Wildman–Crippen MR) is 55.5 cm³/mol. The first-order chi connectivity index (χ1) is 7.06. The number of benzene rings is 1. The van der Waals surface area contributed by atoms with Crippen LogP contribution in [0.5, 0.6) is 0 Å². The maximum absolute atomic E-state index is 12.9. The van der Waals surface area contributed by atoms with E-state index in [1.807, 2.05) is 13.0 Å². The normalized spacial score (nSPS) is 14.6. The fourth-order valence-electron chi connectivity index (χ4n) is 1.46. The van der Waals surface area contributed by atoms with Gasteiger partial charge in [-0.3, -0.25) is 4.79 Å². The van der Waals surface area contributed by atoms with Gasteiger partial charge in [0.1, 0.15) is 12.1 Å². The molecule has 1 unspecified atom stereocenters. The topological polar surface area (TPSA) is 63.3 Å². The van der Waals surface area contributed by atoms with Crippen LogP contribution in [0.2, 0.25) is 0 Å². The lowest BCUT2D eigenvalue weighted by Gasteiger charge is -2.25. The third-order valence-corrected chi connectivity index (χ3v) is 2.56. The van der Waals surface area contributed by atoms with E-state index in [0.29, 0.717) is 5.56 Å². The van der Waals surface area contributed by atoms with Crippen molar-refractivity contribution < 1.29 is 14.3 Å². The van der Waals surface area contributed by atoms with E-state index in [4.69, 9.17) is 10.8 Å². The Kier molecular flexibility index (Phi) is 3.42. The highest BCUT2D eigenvalue weighted by atomic mass is 19.1. The van der Waals surface area contributed by atoms with Crippen LogP contribution in [0.25, 0.3) is 0 Å². The van der Waals surface area contributed by atoms with Gasteiger partial charge in [0.25, 0.3) is 0 Å². The maximum Gasteiger partial charge on any atom is 0.318 e. The van der Waals surface area contributed by atoms with Crippen LogP contribution in [0.1, 0.15) is 11.1 Å². The van der Waals surface area contributed by atoms with Gasteiger partial charge in [0, 0.05) is 6.54 Å². The summed E-state index contributed by atoms with van der Waals surface area (Å²) in [5.74, 6) is -1.22. The Morgan fingerprint density at radius 1 is 1.60 bits per heavy atom. The van der Waals surface area contributed by atoms with E-state index in [1.54, 1.807) is 18.2 Å². The van der Waals surface area contributed by atoms with Gasteiger partial charge in [-0.15, -0.1) is 0 Å². The molecular formula is C11H14FNO2. The van der Waals surface area contributed by atoms with Crippen LogP contribution in [0.3, 0.4) is 0 Å². The minimum atomic E-state index is -1.61. The number of aliphatic carboxylic acids is 1. The molecule has 0 aromatic heterocycles. The summed E-state index contributed by atoms with van der Waals surface area (Å²) in [5, 5.41) is 9.05. The maximum atomic E-state index is 12.9. The van der Waals surface area contributed by atoms with Crippen LogP contribution in [0, 0.1) is 6.92 Å². The molecule has 1 aromatic carbocycles. The summed E-state index contributed by atoms with van der Waals surface area (Å²) in [6.45, 7) is 0.579. The Bertz CT molecular complexity index is 361. The Morgan fingerprint density at radius 2 is 2.27 bits per heavy atom. The van der Waals surface area contributed by atoms with E-state index in [0.717, 1.165) is 5.56 Å². The van der Waals surface area contributed by atoms with E-state index in [2.05, 4.69) is 0 Å². The molecule has 0 heterocycles. The Morgan fingerprint density at radius 3 is 2.67 bits per heavy atom. The van der Waals surface area contributed by atoms with E-state index in [9.17, 15) is 9.18 Å². The molecule has 0 fully saturated rings. The largest absolute Gasteiger partial charge is 0.480 e. The molecule has 0 bridgehead atoms. The number of carboxylic acid groups (broad SMARTS) is 1. The molecule has 0 aliphatic heterocycles. The standard InChI is InChI=1S/C11H14FNO2/c1-8-3-2-4-9(5-8)11(6-12,7-13)10(14)15/h2-5H,6-7,13H2,1H3,(H,14,15). The summed E-state index contributed by atoms with van der Waals surface area (Å²) in [7, 11) is 0. The van der Waals surface area contributed by atoms with Gasteiger partial charge in [0.2, 0.25) is 0 Å². The smallest absolute Gasteiger partial charge is 0.318 e. The number of halogens is 1. The van der Waals surface area contributed by atoms with Gasteiger partial charge in [0.15, 0.2) is 0 Å².